The maximum atomic E-state index is 11.3. The molecule has 0 aliphatic carbocycles. The van der Waals surface area contributed by atoms with Gasteiger partial charge >= 0.3 is 0 Å². The highest BCUT2D eigenvalue weighted by molar-refractivity contribution is 6.32. The summed E-state index contributed by atoms with van der Waals surface area (Å²) in [7, 11) is 0. The van der Waals surface area contributed by atoms with Gasteiger partial charge in [-0.3, -0.25) is 4.79 Å². The molecule has 1 saturated heterocycles. The van der Waals surface area contributed by atoms with Crippen LogP contribution in [0, 0.1) is 5.41 Å². The second-order valence-electron chi connectivity index (χ2n) is 4.87. The first kappa shape index (κ1) is 12.4. The van der Waals surface area contributed by atoms with Crippen molar-refractivity contribution in [1.82, 2.24) is 15.5 Å². The number of aromatic nitrogens is 2. The van der Waals surface area contributed by atoms with Crippen LogP contribution < -0.4 is 16.2 Å². The van der Waals surface area contributed by atoms with Crippen molar-refractivity contribution in [2.75, 3.05) is 25.0 Å². The maximum Gasteiger partial charge on any atom is 0.285 e. The summed E-state index contributed by atoms with van der Waals surface area (Å²) in [5.41, 5.74) is 0.440. The molecule has 1 aromatic heterocycles. The van der Waals surface area contributed by atoms with Crippen LogP contribution in [-0.2, 0) is 0 Å². The van der Waals surface area contributed by atoms with Gasteiger partial charge in [0.05, 0.1) is 11.9 Å². The van der Waals surface area contributed by atoms with Gasteiger partial charge in [0, 0.05) is 13.1 Å². The van der Waals surface area contributed by atoms with Gasteiger partial charge in [0.15, 0.2) is 0 Å². The lowest BCUT2D eigenvalue weighted by atomic mass is 9.83. The van der Waals surface area contributed by atoms with E-state index in [1.807, 2.05) is 0 Å². The van der Waals surface area contributed by atoms with Crippen LogP contribution in [0.2, 0.25) is 5.02 Å². The van der Waals surface area contributed by atoms with Gasteiger partial charge in [-0.05, 0) is 24.8 Å². The fraction of sp³-hybridized carbons (Fsp3) is 0.636. The van der Waals surface area contributed by atoms with Crippen LogP contribution in [0.25, 0.3) is 0 Å². The lowest BCUT2D eigenvalue weighted by Crippen LogP contribution is -2.42. The number of hydrogen-bond acceptors (Lipinski definition) is 4. The molecule has 2 rings (SSSR count). The minimum Gasteiger partial charge on any atom is -0.382 e. The van der Waals surface area contributed by atoms with Crippen molar-refractivity contribution in [2.24, 2.45) is 5.41 Å². The molecule has 1 aromatic rings. The summed E-state index contributed by atoms with van der Waals surface area (Å²) in [5.74, 6) is 0. The van der Waals surface area contributed by atoms with E-state index in [-0.39, 0.29) is 16.0 Å². The monoisotopic (exact) mass is 256 g/mol. The number of hydrogen-bond donors (Lipinski definition) is 3. The number of nitrogens with one attached hydrogen (secondary N) is 3. The first-order valence-corrected chi connectivity index (χ1v) is 6.16. The third kappa shape index (κ3) is 2.98. The van der Waals surface area contributed by atoms with Gasteiger partial charge in [0.1, 0.15) is 5.02 Å². The molecule has 3 N–H and O–H groups in total. The molecule has 6 heteroatoms. The third-order valence-electron chi connectivity index (χ3n) is 3.19. The average molecular weight is 257 g/mol. The zero-order chi connectivity index (χ0) is 12.3. The van der Waals surface area contributed by atoms with E-state index in [1.165, 1.54) is 12.8 Å². The Morgan fingerprint density at radius 2 is 2.47 bits per heavy atom. The van der Waals surface area contributed by atoms with Gasteiger partial charge in [0.25, 0.3) is 5.56 Å². The maximum absolute atomic E-state index is 11.3. The summed E-state index contributed by atoms with van der Waals surface area (Å²) in [4.78, 5) is 11.3. The molecular weight excluding hydrogens is 240 g/mol. The SMILES string of the molecule is CC1(CNc2cn[nH]c(=O)c2Cl)CCCNC1. The van der Waals surface area contributed by atoms with Crippen LogP contribution >= 0.6 is 11.6 Å². The molecule has 1 atom stereocenters. The first-order chi connectivity index (χ1) is 8.11. The van der Waals surface area contributed by atoms with Crippen LogP contribution in [0.5, 0.6) is 0 Å². The Labute approximate surface area is 105 Å². The van der Waals surface area contributed by atoms with E-state index in [2.05, 4.69) is 27.8 Å². The van der Waals surface area contributed by atoms with Gasteiger partial charge in [-0.1, -0.05) is 18.5 Å². The summed E-state index contributed by atoms with van der Waals surface area (Å²) >= 11 is 5.89. The number of anilines is 1. The molecule has 0 bridgehead atoms. The van der Waals surface area contributed by atoms with E-state index >= 15 is 0 Å². The number of halogens is 1. The molecule has 0 radical (unpaired) electrons. The van der Waals surface area contributed by atoms with E-state index in [1.54, 1.807) is 6.20 Å². The Kier molecular flexibility index (Phi) is 3.69. The molecule has 0 aromatic carbocycles. The van der Waals surface area contributed by atoms with Crippen molar-refractivity contribution in [1.29, 1.82) is 0 Å². The Hall–Kier alpha value is -1.07. The van der Waals surface area contributed by atoms with Crippen LogP contribution in [0.1, 0.15) is 19.8 Å². The van der Waals surface area contributed by atoms with Crippen molar-refractivity contribution in [2.45, 2.75) is 19.8 Å². The fourth-order valence-corrected chi connectivity index (χ4v) is 2.24. The molecular formula is C11H17ClN4O. The predicted octanol–water partition coefficient (Wildman–Crippen LogP) is 1.22. The highest BCUT2D eigenvalue weighted by Crippen LogP contribution is 2.26. The lowest BCUT2D eigenvalue weighted by Gasteiger charge is -2.34. The average Bonchev–Trinajstić information content (AvgIpc) is 2.32. The van der Waals surface area contributed by atoms with Crippen molar-refractivity contribution in [3.8, 4) is 0 Å². The molecule has 1 unspecified atom stereocenters. The Morgan fingerprint density at radius 1 is 1.65 bits per heavy atom. The topological polar surface area (TPSA) is 69.8 Å². The Bertz CT molecular complexity index is 439. The number of piperidine rings is 1. The fourth-order valence-electron chi connectivity index (χ4n) is 2.08. The molecule has 0 amide bonds. The Balaban J connectivity index is 2.02. The normalized spacial score (nSPS) is 24.6. The molecule has 0 spiro atoms. The number of rotatable bonds is 3. The zero-order valence-corrected chi connectivity index (χ0v) is 10.6. The van der Waals surface area contributed by atoms with Gasteiger partial charge in [-0.2, -0.15) is 5.10 Å². The molecule has 0 saturated carbocycles. The van der Waals surface area contributed by atoms with Crippen LogP contribution in [0.4, 0.5) is 5.69 Å². The largest absolute Gasteiger partial charge is 0.382 e. The molecule has 17 heavy (non-hydrogen) atoms. The Morgan fingerprint density at radius 3 is 3.18 bits per heavy atom. The summed E-state index contributed by atoms with van der Waals surface area (Å²) in [6, 6.07) is 0. The highest BCUT2D eigenvalue weighted by Gasteiger charge is 2.26. The summed E-state index contributed by atoms with van der Waals surface area (Å²) in [5, 5.41) is 12.8. The first-order valence-electron chi connectivity index (χ1n) is 5.78. The smallest absolute Gasteiger partial charge is 0.285 e. The summed E-state index contributed by atoms with van der Waals surface area (Å²) in [6.45, 7) is 5.07. The van der Waals surface area contributed by atoms with Crippen molar-refractivity contribution < 1.29 is 0 Å². The van der Waals surface area contributed by atoms with E-state index in [0.29, 0.717) is 5.69 Å². The van der Waals surface area contributed by atoms with E-state index in [9.17, 15) is 4.79 Å². The summed E-state index contributed by atoms with van der Waals surface area (Å²) in [6.07, 6.45) is 3.89. The van der Waals surface area contributed by atoms with Crippen molar-refractivity contribution >= 4 is 17.3 Å². The zero-order valence-electron chi connectivity index (χ0n) is 9.85. The van der Waals surface area contributed by atoms with Crippen LogP contribution in [0.15, 0.2) is 11.0 Å². The molecule has 94 valence electrons. The molecule has 1 aliphatic heterocycles. The van der Waals surface area contributed by atoms with Gasteiger partial charge in [-0.25, -0.2) is 5.10 Å². The molecule has 1 aliphatic rings. The second-order valence-corrected chi connectivity index (χ2v) is 5.25. The molecule has 2 heterocycles. The number of H-pyrrole nitrogens is 1. The summed E-state index contributed by atoms with van der Waals surface area (Å²) < 4.78 is 0. The van der Waals surface area contributed by atoms with Crippen molar-refractivity contribution in [3.05, 3.63) is 21.6 Å². The standard InChI is InChI=1S/C11H17ClN4O/c1-11(3-2-4-13-6-11)7-14-8-5-15-16-10(17)9(8)12/h5,13H,2-4,6-7H2,1H3,(H2,14,16,17). The van der Waals surface area contributed by atoms with E-state index in [4.69, 9.17) is 11.6 Å². The minimum atomic E-state index is -0.358. The number of nitrogens with zero attached hydrogens (tertiary/aromatic N) is 1. The van der Waals surface area contributed by atoms with Crippen LogP contribution in [-0.4, -0.2) is 29.8 Å². The van der Waals surface area contributed by atoms with E-state index in [0.717, 1.165) is 19.6 Å². The van der Waals surface area contributed by atoms with Crippen LogP contribution in [0.3, 0.4) is 0 Å². The lowest BCUT2D eigenvalue weighted by molar-refractivity contribution is 0.253. The highest BCUT2D eigenvalue weighted by atomic mass is 35.5. The molecule has 5 nitrogen and oxygen atoms in total. The van der Waals surface area contributed by atoms with Gasteiger partial charge < -0.3 is 10.6 Å². The minimum absolute atomic E-state index is 0.173. The van der Waals surface area contributed by atoms with Gasteiger partial charge in [-0.15, -0.1) is 0 Å². The van der Waals surface area contributed by atoms with Crippen molar-refractivity contribution in [3.63, 3.8) is 0 Å². The second kappa shape index (κ2) is 5.06. The van der Waals surface area contributed by atoms with E-state index < -0.39 is 0 Å². The third-order valence-corrected chi connectivity index (χ3v) is 3.56. The molecule has 1 fully saturated rings. The quantitative estimate of drug-likeness (QED) is 0.761. The predicted molar refractivity (Wildman–Crippen MR) is 68.6 cm³/mol. The van der Waals surface area contributed by atoms with Gasteiger partial charge in [0.2, 0.25) is 0 Å². The number of aromatic amines is 1.